The maximum absolute atomic E-state index is 12.4. The van der Waals surface area contributed by atoms with Gasteiger partial charge in [0.1, 0.15) is 5.75 Å². The quantitative estimate of drug-likeness (QED) is 0.284. The Labute approximate surface area is 184 Å². The number of benzene rings is 3. The Bertz CT molecular complexity index is 1160. The summed E-state index contributed by atoms with van der Waals surface area (Å²) in [6.07, 6.45) is 3.58. The number of aromatic hydroxyl groups is 1. The molecular formula is C24H20ClN3O3. The molecule has 156 valence electrons. The van der Waals surface area contributed by atoms with Crippen LogP contribution < -0.4 is 10.7 Å². The topological polar surface area (TPSA) is 90.8 Å². The molecule has 0 aliphatic heterocycles. The smallest absolute Gasteiger partial charge is 0.271 e. The fourth-order valence-corrected chi connectivity index (χ4v) is 3.02. The van der Waals surface area contributed by atoms with Gasteiger partial charge in [-0.1, -0.05) is 41.9 Å². The number of carbonyl (C=O) groups excluding carboxylic acids is 2. The van der Waals surface area contributed by atoms with Crippen LogP contribution in [0.1, 0.15) is 31.8 Å². The summed E-state index contributed by atoms with van der Waals surface area (Å²) < 4.78 is 0. The second kappa shape index (κ2) is 10.2. The number of anilines is 1. The van der Waals surface area contributed by atoms with Crippen molar-refractivity contribution in [3.8, 4) is 5.75 Å². The van der Waals surface area contributed by atoms with E-state index < -0.39 is 5.91 Å². The minimum atomic E-state index is -0.461. The third-order valence-corrected chi connectivity index (χ3v) is 4.59. The van der Waals surface area contributed by atoms with Gasteiger partial charge in [0, 0.05) is 27.4 Å². The van der Waals surface area contributed by atoms with Crippen LogP contribution in [0.2, 0.25) is 5.02 Å². The third kappa shape index (κ3) is 5.81. The van der Waals surface area contributed by atoms with Crippen molar-refractivity contribution in [2.24, 2.45) is 5.10 Å². The van der Waals surface area contributed by atoms with Crippen molar-refractivity contribution < 1.29 is 14.7 Å². The Kier molecular flexibility index (Phi) is 7.19. The third-order valence-electron chi connectivity index (χ3n) is 4.35. The fraction of sp³-hybridized carbons (Fsp3) is 0.0417. The highest BCUT2D eigenvalue weighted by molar-refractivity contribution is 6.31. The SMILES string of the molecule is C=CCc1cccc(/C=N\NC(=O)c2cccc(NC(=O)c3cccc(Cl)c3)c2)c1O. The van der Waals surface area contributed by atoms with Gasteiger partial charge in [0.2, 0.25) is 0 Å². The highest BCUT2D eigenvalue weighted by atomic mass is 35.5. The molecule has 0 aliphatic rings. The van der Waals surface area contributed by atoms with E-state index >= 15 is 0 Å². The number of amides is 2. The molecule has 3 aromatic rings. The summed E-state index contributed by atoms with van der Waals surface area (Å²) in [5.74, 6) is -0.712. The van der Waals surface area contributed by atoms with Crippen LogP contribution >= 0.6 is 11.6 Å². The van der Waals surface area contributed by atoms with Crippen molar-refractivity contribution in [1.29, 1.82) is 0 Å². The van der Waals surface area contributed by atoms with Gasteiger partial charge in [-0.05, 0) is 54.4 Å². The Morgan fingerprint density at radius 2 is 1.71 bits per heavy atom. The van der Waals surface area contributed by atoms with Crippen molar-refractivity contribution in [2.75, 3.05) is 5.32 Å². The van der Waals surface area contributed by atoms with Gasteiger partial charge < -0.3 is 10.4 Å². The van der Waals surface area contributed by atoms with Gasteiger partial charge in [-0.25, -0.2) is 5.43 Å². The minimum absolute atomic E-state index is 0.0890. The molecule has 3 N–H and O–H groups in total. The molecule has 6 nitrogen and oxygen atoms in total. The lowest BCUT2D eigenvalue weighted by Crippen LogP contribution is -2.18. The van der Waals surface area contributed by atoms with Crippen LogP contribution in [0.5, 0.6) is 5.75 Å². The lowest BCUT2D eigenvalue weighted by molar-refractivity contribution is 0.0953. The molecule has 0 unspecified atom stereocenters. The Morgan fingerprint density at radius 3 is 2.45 bits per heavy atom. The zero-order chi connectivity index (χ0) is 22.2. The monoisotopic (exact) mass is 433 g/mol. The molecule has 0 saturated heterocycles. The molecular weight excluding hydrogens is 414 g/mol. The lowest BCUT2D eigenvalue weighted by Gasteiger charge is -2.07. The van der Waals surface area contributed by atoms with Crippen LogP contribution in [0.25, 0.3) is 0 Å². The predicted molar refractivity (Wildman–Crippen MR) is 123 cm³/mol. The van der Waals surface area contributed by atoms with E-state index in [1.165, 1.54) is 12.3 Å². The van der Waals surface area contributed by atoms with E-state index in [1.54, 1.807) is 66.7 Å². The van der Waals surface area contributed by atoms with Gasteiger partial charge in [-0.15, -0.1) is 6.58 Å². The maximum atomic E-state index is 12.4. The van der Waals surface area contributed by atoms with E-state index in [0.717, 1.165) is 0 Å². The van der Waals surface area contributed by atoms with Gasteiger partial charge in [0.25, 0.3) is 11.8 Å². The molecule has 0 atom stereocenters. The molecule has 3 aromatic carbocycles. The molecule has 3 rings (SSSR count). The van der Waals surface area contributed by atoms with Gasteiger partial charge >= 0.3 is 0 Å². The number of hydrogen-bond donors (Lipinski definition) is 3. The first kappa shape index (κ1) is 21.8. The van der Waals surface area contributed by atoms with Crippen molar-refractivity contribution in [1.82, 2.24) is 5.43 Å². The maximum Gasteiger partial charge on any atom is 0.271 e. The number of carbonyl (C=O) groups is 2. The van der Waals surface area contributed by atoms with Crippen molar-refractivity contribution in [2.45, 2.75) is 6.42 Å². The molecule has 2 amide bonds. The number of nitrogens with zero attached hydrogens (tertiary/aromatic N) is 1. The second-order valence-corrected chi connectivity index (χ2v) is 7.03. The van der Waals surface area contributed by atoms with Crippen LogP contribution in [0.3, 0.4) is 0 Å². The van der Waals surface area contributed by atoms with Crippen LogP contribution in [-0.4, -0.2) is 23.1 Å². The van der Waals surface area contributed by atoms with E-state index in [-0.39, 0.29) is 11.7 Å². The molecule has 0 aromatic heterocycles. The number of hydrazone groups is 1. The molecule has 0 spiro atoms. The summed E-state index contributed by atoms with van der Waals surface area (Å²) in [6, 6.07) is 18.3. The standard InChI is InChI=1S/C24H20ClN3O3/c1-2-6-16-7-3-10-19(22(16)29)15-26-28-24(31)18-9-5-12-21(14-18)27-23(30)17-8-4-11-20(25)13-17/h2-5,7-15,29H,1,6H2,(H,27,30)(H,28,31)/b26-15-. The molecule has 0 bridgehead atoms. The number of phenolic OH excluding ortho intramolecular Hbond substituents is 1. The van der Waals surface area contributed by atoms with Crippen LogP contribution in [0.4, 0.5) is 5.69 Å². The fourth-order valence-electron chi connectivity index (χ4n) is 2.83. The average molecular weight is 434 g/mol. The summed E-state index contributed by atoms with van der Waals surface area (Å²) in [5.41, 5.74) is 4.78. The molecule has 0 radical (unpaired) electrons. The highest BCUT2D eigenvalue weighted by Crippen LogP contribution is 2.21. The Morgan fingerprint density at radius 1 is 1.00 bits per heavy atom. The van der Waals surface area contributed by atoms with Gasteiger partial charge in [-0.3, -0.25) is 9.59 Å². The molecule has 7 heteroatoms. The van der Waals surface area contributed by atoms with Crippen molar-refractivity contribution in [3.05, 3.63) is 107 Å². The zero-order valence-corrected chi connectivity index (χ0v) is 17.3. The normalized spacial score (nSPS) is 10.6. The van der Waals surface area contributed by atoms with E-state index in [1.807, 2.05) is 0 Å². The van der Waals surface area contributed by atoms with Gasteiger partial charge in [0.05, 0.1) is 6.21 Å². The minimum Gasteiger partial charge on any atom is -0.507 e. The number of rotatable bonds is 7. The number of halogens is 1. The van der Waals surface area contributed by atoms with E-state index in [4.69, 9.17) is 11.6 Å². The predicted octanol–water partition coefficient (Wildman–Crippen LogP) is 4.79. The van der Waals surface area contributed by atoms with E-state index in [0.29, 0.717) is 39.4 Å². The summed E-state index contributed by atoms with van der Waals surface area (Å²) >= 11 is 5.92. The van der Waals surface area contributed by atoms with Crippen LogP contribution in [0.15, 0.2) is 84.5 Å². The van der Waals surface area contributed by atoms with Crippen molar-refractivity contribution >= 4 is 35.3 Å². The largest absolute Gasteiger partial charge is 0.507 e. The first-order chi connectivity index (χ1) is 15.0. The molecule has 31 heavy (non-hydrogen) atoms. The summed E-state index contributed by atoms with van der Waals surface area (Å²) in [7, 11) is 0. The molecule has 0 fully saturated rings. The summed E-state index contributed by atoms with van der Waals surface area (Å²) in [5, 5.41) is 17.3. The Balaban J connectivity index is 1.66. The van der Waals surface area contributed by atoms with E-state index in [2.05, 4.69) is 22.4 Å². The van der Waals surface area contributed by atoms with Crippen LogP contribution in [0, 0.1) is 0 Å². The lowest BCUT2D eigenvalue weighted by atomic mass is 10.1. The number of para-hydroxylation sites is 1. The van der Waals surface area contributed by atoms with Gasteiger partial charge in [-0.2, -0.15) is 5.10 Å². The summed E-state index contributed by atoms with van der Waals surface area (Å²) in [6.45, 7) is 3.66. The summed E-state index contributed by atoms with van der Waals surface area (Å²) in [4.78, 5) is 24.8. The highest BCUT2D eigenvalue weighted by Gasteiger charge is 2.10. The van der Waals surface area contributed by atoms with Crippen LogP contribution in [-0.2, 0) is 6.42 Å². The Hall–Kier alpha value is -3.90. The molecule has 0 saturated carbocycles. The molecule has 0 aliphatic carbocycles. The zero-order valence-electron chi connectivity index (χ0n) is 16.5. The van der Waals surface area contributed by atoms with Gasteiger partial charge in [0.15, 0.2) is 0 Å². The number of allylic oxidation sites excluding steroid dienone is 1. The first-order valence-corrected chi connectivity index (χ1v) is 9.78. The number of hydrogen-bond acceptors (Lipinski definition) is 4. The van der Waals surface area contributed by atoms with Crippen molar-refractivity contribution in [3.63, 3.8) is 0 Å². The number of nitrogens with one attached hydrogen (secondary N) is 2. The number of phenols is 1. The first-order valence-electron chi connectivity index (χ1n) is 9.40. The second-order valence-electron chi connectivity index (χ2n) is 6.59. The average Bonchev–Trinajstić information content (AvgIpc) is 2.76. The molecule has 0 heterocycles. The van der Waals surface area contributed by atoms with E-state index in [9.17, 15) is 14.7 Å².